The molecule has 0 bridgehead atoms. The van der Waals surface area contributed by atoms with E-state index in [0.29, 0.717) is 0 Å². The number of methoxy groups -OCH3 is 9. The lowest BCUT2D eigenvalue weighted by Gasteiger charge is -2.49. The topological polar surface area (TPSA) is 588 Å². The standard InChI is InChI=1S/C49H101NO44P6/c1-69-16-20-78-24-28-85-39-32(73-5)37(33(74-6)40(46(39)91-97(57,58)59)86-29-25-79-21-17-70-2)82-13-10-50(11-14-83-38-35(76-8)44(89-95(51,52)53)49(94-100(66,67)68)45(36(38)77-9)90-96(54,55)56)12-15-84-43-47(92-98(60,61)62)41(87-30-26-80-22-18-71-3)34(75-7)42(48(43)93-99(63,64)65)88-31-27-81-23-19-72-4/h32-49H,10-31H2,1-9H3,(H2,51,52,53)(H2,54,55,56)(H2,57,58,59)(H2,60,61,62)(H2,63,64,65)(H2,66,67,68)/t32-,33+,34?,35-,36+,37?,38?,39+,40-,41-,42+,43?,44+,45-,46?,47+,48-,49?. The zero-order valence-corrected chi connectivity index (χ0v) is 61.9. The smallest absolute Gasteiger partial charge is 0.382 e. The molecule has 0 aliphatic heterocycles. The van der Waals surface area contributed by atoms with Gasteiger partial charge in [0.15, 0.2) is 0 Å². The van der Waals surface area contributed by atoms with Gasteiger partial charge in [0, 0.05) is 83.6 Å². The van der Waals surface area contributed by atoms with Crippen LogP contribution in [0.15, 0.2) is 0 Å². The van der Waals surface area contributed by atoms with Gasteiger partial charge < -0.3 is 153 Å². The lowest BCUT2D eigenvalue weighted by Crippen LogP contribution is -2.67. The molecule has 51 heteroatoms. The SMILES string of the molecule is COCCOCCO[C@@H]1C(OP(=O)(O)O)[C@H](OCCOCCOC)[C@@H](OC)C(OCCN(CCOC2[C@@H](OC)[C@H](OP(=O)(O)O)C(OP(=O)(O)O)[C@H](OP(=O)(O)O)[C@H]2OC)CCOC2[C@@H](OP(=O)(O)O)[C@H](OCCOCCOC)C(OC)[C@H](OCCOCCOC)[C@H]2OP(=O)(O)O)[C@H]1OC. The first kappa shape index (κ1) is 94.0. The Balaban J connectivity index is 2.29. The maximum absolute atomic E-state index is 13.0. The molecule has 6 unspecified atom stereocenters. The fourth-order valence-electron chi connectivity index (χ4n) is 10.9. The average Bonchev–Trinajstić information content (AvgIpc) is 0.775. The van der Waals surface area contributed by atoms with Crippen molar-refractivity contribution in [1.29, 1.82) is 0 Å². The predicted molar refractivity (Wildman–Crippen MR) is 331 cm³/mol. The minimum Gasteiger partial charge on any atom is -0.382 e. The molecule has 0 aromatic heterocycles. The molecule has 0 heterocycles. The van der Waals surface area contributed by atoms with Crippen LogP contribution in [0.5, 0.6) is 0 Å². The first-order valence-corrected chi connectivity index (χ1v) is 39.6. The Morgan fingerprint density at radius 1 is 0.210 bits per heavy atom. The summed E-state index contributed by atoms with van der Waals surface area (Å²) in [5, 5.41) is 0. The lowest BCUT2D eigenvalue weighted by atomic mass is 9.84. The van der Waals surface area contributed by atoms with E-state index in [1.165, 1.54) is 47.6 Å². The molecular formula is C49H101NO44P6. The van der Waals surface area contributed by atoms with Gasteiger partial charge in [-0.05, 0) is 0 Å². The summed E-state index contributed by atoms with van der Waals surface area (Å²) in [6.45, 7) is -3.30. The zero-order chi connectivity index (χ0) is 74.9. The number of nitrogens with zero attached hydrogens (tertiary/aromatic N) is 1. The summed E-state index contributed by atoms with van der Waals surface area (Å²) in [6, 6.07) is 0. The van der Waals surface area contributed by atoms with Crippen molar-refractivity contribution in [1.82, 2.24) is 4.90 Å². The average molecular weight is 1590 g/mol. The van der Waals surface area contributed by atoms with Crippen molar-refractivity contribution >= 4 is 46.9 Å². The van der Waals surface area contributed by atoms with E-state index in [9.17, 15) is 86.1 Å². The van der Waals surface area contributed by atoms with E-state index in [-0.39, 0.29) is 112 Å². The molecule has 3 saturated carbocycles. The first-order chi connectivity index (χ1) is 47.1. The molecule has 0 amide bonds. The third-order valence-corrected chi connectivity index (χ3v) is 17.9. The van der Waals surface area contributed by atoms with E-state index in [1.54, 1.807) is 0 Å². The van der Waals surface area contributed by atoms with Gasteiger partial charge >= 0.3 is 46.9 Å². The molecule has 0 radical (unpaired) electrons. The van der Waals surface area contributed by atoms with Crippen LogP contribution in [-0.4, -0.2) is 383 Å². The molecule has 0 saturated heterocycles. The van der Waals surface area contributed by atoms with Crippen LogP contribution in [0.4, 0.5) is 0 Å². The van der Waals surface area contributed by atoms with E-state index in [0.717, 1.165) is 21.3 Å². The van der Waals surface area contributed by atoms with Crippen LogP contribution in [0, 0.1) is 0 Å². The van der Waals surface area contributed by atoms with Crippen LogP contribution in [-0.2, 0) is 149 Å². The van der Waals surface area contributed by atoms with Crippen molar-refractivity contribution in [3.05, 3.63) is 0 Å². The summed E-state index contributed by atoms with van der Waals surface area (Å²) in [4.78, 5) is 124. The minimum absolute atomic E-state index is 0.0776. The Labute approximate surface area is 577 Å². The van der Waals surface area contributed by atoms with Crippen molar-refractivity contribution in [2.24, 2.45) is 0 Å². The van der Waals surface area contributed by atoms with Crippen LogP contribution in [0.3, 0.4) is 0 Å². The third-order valence-electron chi connectivity index (χ3n) is 14.8. The Morgan fingerprint density at radius 3 is 0.550 bits per heavy atom. The summed E-state index contributed by atoms with van der Waals surface area (Å²) < 4.78 is 222. The number of phosphoric acid groups is 6. The van der Waals surface area contributed by atoms with E-state index >= 15 is 0 Å². The van der Waals surface area contributed by atoms with Crippen LogP contribution in [0.2, 0.25) is 0 Å². The van der Waals surface area contributed by atoms with Gasteiger partial charge in [0.1, 0.15) is 110 Å². The molecule has 0 aromatic rings. The number of hydrogen-bond acceptors (Lipinski definition) is 33. The van der Waals surface area contributed by atoms with E-state index in [1.807, 2.05) is 0 Å². The van der Waals surface area contributed by atoms with Crippen LogP contribution in [0.25, 0.3) is 0 Å². The Bertz CT molecular complexity index is 2370. The molecule has 18 atom stereocenters. The highest BCUT2D eigenvalue weighted by molar-refractivity contribution is 7.47. The van der Waals surface area contributed by atoms with Crippen molar-refractivity contribution in [2.75, 3.05) is 209 Å². The summed E-state index contributed by atoms with van der Waals surface area (Å²) in [5.74, 6) is 0. The molecule has 100 heavy (non-hydrogen) atoms. The first-order valence-electron chi connectivity index (χ1n) is 30.4. The molecule has 0 spiro atoms. The maximum Gasteiger partial charge on any atom is 0.470 e. The second-order valence-electron chi connectivity index (χ2n) is 21.5. The largest absolute Gasteiger partial charge is 0.470 e. The molecular weight excluding hydrogens is 1490 g/mol. The molecule has 3 fully saturated rings. The van der Waals surface area contributed by atoms with E-state index in [4.69, 9.17) is 122 Å². The Kier molecular flexibility index (Phi) is 44.8. The molecule has 3 aliphatic carbocycles. The number of ether oxygens (including phenoxy) is 20. The van der Waals surface area contributed by atoms with Gasteiger partial charge in [-0.1, -0.05) is 0 Å². The van der Waals surface area contributed by atoms with Gasteiger partial charge in [0.2, 0.25) is 0 Å². The molecule has 12 N–H and O–H groups in total. The zero-order valence-electron chi connectivity index (χ0n) is 56.5. The summed E-state index contributed by atoms with van der Waals surface area (Å²) in [5.41, 5.74) is 0. The Morgan fingerprint density at radius 2 is 0.360 bits per heavy atom. The lowest BCUT2D eigenvalue weighted by molar-refractivity contribution is -0.265. The molecule has 3 aliphatic rings. The fraction of sp³-hybridized carbons (Fsp3) is 1.00. The highest BCUT2D eigenvalue weighted by Gasteiger charge is 2.61. The summed E-state index contributed by atoms with van der Waals surface area (Å²) in [6.07, 6.45) is -32.5. The van der Waals surface area contributed by atoms with Crippen molar-refractivity contribution in [2.45, 2.75) is 110 Å². The van der Waals surface area contributed by atoms with E-state index in [2.05, 4.69) is 0 Å². The van der Waals surface area contributed by atoms with Crippen LogP contribution >= 0.6 is 46.9 Å². The monoisotopic (exact) mass is 1590 g/mol. The van der Waals surface area contributed by atoms with Crippen molar-refractivity contribution in [3.8, 4) is 0 Å². The van der Waals surface area contributed by atoms with Crippen molar-refractivity contribution in [3.63, 3.8) is 0 Å². The second-order valence-corrected chi connectivity index (χ2v) is 28.6. The minimum atomic E-state index is -5.79. The fourth-order valence-corrected chi connectivity index (χ4v) is 14.3. The number of phosphoric ester groups is 6. The van der Waals surface area contributed by atoms with Crippen LogP contribution < -0.4 is 0 Å². The van der Waals surface area contributed by atoms with Gasteiger partial charge in [-0.2, -0.15) is 0 Å². The number of rotatable bonds is 57. The summed E-state index contributed by atoms with van der Waals surface area (Å²) in [7, 11) is -22.9. The highest BCUT2D eigenvalue weighted by atomic mass is 31.2. The molecule has 0 aromatic carbocycles. The van der Waals surface area contributed by atoms with Crippen molar-refractivity contribution < 1.29 is 208 Å². The normalized spacial score (nSPS) is 29.1. The maximum atomic E-state index is 13.0. The second kappa shape index (κ2) is 47.7. The van der Waals surface area contributed by atoms with Gasteiger partial charge in [-0.3, -0.25) is 32.0 Å². The number of hydrogen-bond donors (Lipinski definition) is 12. The quantitative estimate of drug-likeness (QED) is 0.0209. The summed E-state index contributed by atoms with van der Waals surface area (Å²) >= 11 is 0. The highest BCUT2D eigenvalue weighted by Crippen LogP contribution is 2.53. The van der Waals surface area contributed by atoms with E-state index < -0.39 is 190 Å². The third kappa shape index (κ3) is 35.0. The molecule has 596 valence electrons. The van der Waals surface area contributed by atoms with Gasteiger partial charge in [0.05, 0.1) is 126 Å². The Hall–Kier alpha value is -0.180. The molecule has 45 nitrogen and oxygen atoms in total. The van der Waals surface area contributed by atoms with Crippen LogP contribution in [0.1, 0.15) is 0 Å². The van der Waals surface area contributed by atoms with Gasteiger partial charge in [-0.15, -0.1) is 0 Å². The molecule has 3 rings (SSSR count). The predicted octanol–water partition coefficient (Wildman–Crippen LogP) is -3.38. The van der Waals surface area contributed by atoms with Gasteiger partial charge in [-0.25, -0.2) is 27.4 Å². The van der Waals surface area contributed by atoms with Gasteiger partial charge in [0.25, 0.3) is 0 Å².